The van der Waals surface area contributed by atoms with Gasteiger partial charge in [-0.3, -0.25) is 0 Å². The summed E-state index contributed by atoms with van der Waals surface area (Å²) in [5.74, 6) is 0.611. The molecule has 0 bridgehead atoms. The molecular weight excluding hydrogens is 569 g/mol. The van der Waals surface area contributed by atoms with Crippen molar-refractivity contribution in [3.63, 3.8) is 0 Å². The van der Waals surface area contributed by atoms with Crippen molar-refractivity contribution in [2.75, 3.05) is 44.6 Å². The number of aryl methyl sites for hydroxylation is 1. The minimum absolute atomic E-state index is 0.102. The maximum Gasteiger partial charge on any atom is 0.307 e. The number of ether oxygens (including phenoxy) is 2. The van der Waals surface area contributed by atoms with Gasteiger partial charge in [0.15, 0.2) is 6.29 Å². The Morgan fingerprint density at radius 2 is 1.05 bits per heavy atom. The molecule has 1 atom stereocenters. The lowest BCUT2D eigenvalue weighted by Crippen LogP contribution is -2.17. The van der Waals surface area contributed by atoms with E-state index in [1.807, 2.05) is 132 Å². The van der Waals surface area contributed by atoms with Gasteiger partial charge in [0, 0.05) is 60.9 Å². The first kappa shape index (κ1) is 31.4. The fourth-order valence-electron chi connectivity index (χ4n) is 4.45. The lowest BCUT2D eigenvalue weighted by Gasteiger charge is -2.39. The van der Waals surface area contributed by atoms with Crippen molar-refractivity contribution in [1.82, 2.24) is 0 Å². The molecule has 0 aliphatic heterocycles. The molecule has 0 aromatic heterocycles. The van der Waals surface area contributed by atoms with Crippen LogP contribution >= 0.6 is 10.3 Å². The maximum atomic E-state index is 14.1. The Kier molecular flexibility index (Phi) is 9.89. The number of hydrogen-bond acceptors (Lipinski definition) is 7. The molecule has 1 unspecified atom stereocenters. The molecule has 0 saturated carbocycles. The van der Waals surface area contributed by atoms with Gasteiger partial charge in [-0.25, -0.2) is 3.63 Å². The molecule has 0 aliphatic rings. The Hall–Kier alpha value is -3.50. The van der Waals surface area contributed by atoms with Gasteiger partial charge in [0.1, 0.15) is 5.75 Å². The van der Waals surface area contributed by atoms with E-state index in [9.17, 15) is 8.42 Å². The van der Waals surface area contributed by atoms with E-state index in [1.54, 1.807) is 24.3 Å². The Morgan fingerprint density at radius 1 is 0.643 bits per heavy atom. The molecule has 224 valence electrons. The van der Waals surface area contributed by atoms with Crippen LogP contribution in [0.2, 0.25) is 0 Å². The summed E-state index contributed by atoms with van der Waals surface area (Å²) >= 11 is 0. The first-order valence-corrected chi connectivity index (χ1v) is 16.7. The van der Waals surface area contributed by atoms with Crippen molar-refractivity contribution in [2.24, 2.45) is 0 Å². The minimum Gasteiger partial charge on any atom is -0.465 e. The molecular formula is C33H40N2O5S2. The molecule has 4 aromatic carbocycles. The largest absolute Gasteiger partial charge is 0.465 e. The quantitative estimate of drug-likeness (QED) is 0.154. The van der Waals surface area contributed by atoms with Gasteiger partial charge < -0.3 is 19.3 Å². The normalized spacial score (nSPS) is 12.9. The van der Waals surface area contributed by atoms with Gasteiger partial charge in [0.2, 0.25) is 0 Å². The van der Waals surface area contributed by atoms with Crippen molar-refractivity contribution in [2.45, 2.75) is 46.6 Å². The highest BCUT2D eigenvalue weighted by Crippen LogP contribution is 2.70. The van der Waals surface area contributed by atoms with Crippen molar-refractivity contribution >= 4 is 31.8 Å². The van der Waals surface area contributed by atoms with Crippen molar-refractivity contribution in [3.05, 3.63) is 103 Å². The third-order valence-electron chi connectivity index (χ3n) is 6.73. The third kappa shape index (κ3) is 6.93. The average molecular weight is 609 g/mol. The third-order valence-corrected chi connectivity index (χ3v) is 11.9. The number of anilines is 2. The Morgan fingerprint density at radius 3 is 1.45 bits per heavy atom. The SMILES string of the molecule is CCOC(C)Oc1ccc(S(OS(=O)(=O)c2ccc(C)cc2)(c2ccc(N(C)C)cc2)c2ccc(N(C)C)cc2)cc1. The zero-order chi connectivity index (χ0) is 30.5. The molecule has 0 heterocycles. The van der Waals surface area contributed by atoms with E-state index in [0.717, 1.165) is 26.7 Å². The fourth-order valence-corrected chi connectivity index (χ4v) is 9.62. The second-order valence-electron chi connectivity index (χ2n) is 10.3. The Bertz CT molecular complexity index is 1500. The second-order valence-corrected chi connectivity index (χ2v) is 14.7. The summed E-state index contributed by atoms with van der Waals surface area (Å²) in [5, 5.41) is 0. The number of hydrogen-bond donors (Lipinski definition) is 0. The van der Waals surface area contributed by atoms with Crippen LogP contribution in [0, 0.1) is 6.92 Å². The highest BCUT2D eigenvalue weighted by atomic mass is 32.3. The highest BCUT2D eigenvalue weighted by molar-refractivity contribution is 8.33. The molecule has 0 amide bonds. The standard InChI is InChI=1S/C33H40N2O5S2/c1-8-38-26(3)39-29-15-23-32(24-16-29)41(30-19-11-27(12-20-30)34(4)5,31-21-13-28(14-22-31)35(6)7)40-42(36,37)33-17-9-25(2)10-18-33/h9-24,26H,8H2,1-7H3. The van der Waals surface area contributed by atoms with Crippen molar-refractivity contribution < 1.29 is 21.5 Å². The monoisotopic (exact) mass is 608 g/mol. The van der Waals surface area contributed by atoms with E-state index in [0.29, 0.717) is 17.3 Å². The highest BCUT2D eigenvalue weighted by Gasteiger charge is 2.38. The van der Waals surface area contributed by atoms with Crippen LogP contribution in [0.5, 0.6) is 5.75 Å². The molecule has 4 rings (SSSR count). The summed E-state index contributed by atoms with van der Waals surface area (Å²) < 4.78 is 46.1. The summed E-state index contributed by atoms with van der Waals surface area (Å²) in [7, 11) is 0.866. The number of rotatable bonds is 12. The zero-order valence-corrected chi connectivity index (χ0v) is 26.9. The van der Waals surface area contributed by atoms with Gasteiger partial charge in [-0.1, -0.05) is 17.7 Å². The predicted molar refractivity (Wildman–Crippen MR) is 172 cm³/mol. The van der Waals surface area contributed by atoms with E-state index >= 15 is 0 Å². The van der Waals surface area contributed by atoms with Crippen LogP contribution < -0.4 is 14.5 Å². The number of nitrogens with zero attached hydrogens (tertiary/aromatic N) is 2. The second kappa shape index (κ2) is 13.2. The van der Waals surface area contributed by atoms with Crippen LogP contribution in [0.1, 0.15) is 19.4 Å². The molecule has 0 N–H and O–H groups in total. The molecule has 0 fully saturated rings. The Labute approximate surface area is 252 Å². The van der Waals surface area contributed by atoms with Crippen LogP contribution in [-0.4, -0.2) is 49.5 Å². The van der Waals surface area contributed by atoms with Crippen molar-refractivity contribution in [1.29, 1.82) is 0 Å². The average Bonchev–Trinajstić information content (AvgIpc) is 2.97. The summed E-state index contributed by atoms with van der Waals surface area (Å²) in [6.45, 7) is 6.20. The fraction of sp³-hybridized carbons (Fsp3) is 0.273. The van der Waals surface area contributed by atoms with E-state index in [-0.39, 0.29) is 4.90 Å². The van der Waals surface area contributed by atoms with Gasteiger partial charge in [0.05, 0.1) is 4.90 Å². The van der Waals surface area contributed by atoms with Crippen LogP contribution in [0.25, 0.3) is 0 Å². The first-order valence-electron chi connectivity index (χ1n) is 13.8. The van der Waals surface area contributed by atoms with Crippen molar-refractivity contribution in [3.8, 4) is 5.75 Å². The molecule has 0 radical (unpaired) electrons. The molecule has 9 heteroatoms. The number of benzene rings is 4. The van der Waals surface area contributed by atoms with Crippen LogP contribution in [0.15, 0.2) is 117 Å². The van der Waals surface area contributed by atoms with Crippen LogP contribution in [0.3, 0.4) is 0 Å². The van der Waals surface area contributed by atoms with Gasteiger partial charge in [0.25, 0.3) is 0 Å². The molecule has 0 spiro atoms. The van der Waals surface area contributed by atoms with Gasteiger partial charge in [-0.2, -0.15) is 8.42 Å². The molecule has 0 saturated heterocycles. The summed E-state index contributed by atoms with van der Waals surface area (Å²) in [5.41, 5.74) is 2.94. The molecule has 42 heavy (non-hydrogen) atoms. The van der Waals surface area contributed by atoms with Crippen LogP contribution in [-0.2, 0) is 18.5 Å². The maximum absolute atomic E-state index is 14.1. The summed E-state index contributed by atoms with van der Waals surface area (Å²) in [6, 6.07) is 29.9. The lowest BCUT2D eigenvalue weighted by atomic mass is 10.2. The predicted octanol–water partition coefficient (Wildman–Crippen LogP) is 7.49. The summed E-state index contributed by atoms with van der Waals surface area (Å²) in [6.07, 6.45) is -0.423. The van der Waals surface area contributed by atoms with E-state index in [2.05, 4.69) is 0 Å². The zero-order valence-electron chi connectivity index (χ0n) is 25.3. The minimum atomic E-state index is -4.20. The topological polar surface area (TPSA) is 68.3 Å². The van der Waals surface area contributed by atoms with E-state index < -0.39 is 26.7 Å². The molecule has 4 aromatic rings. The van der Waals surface area contributed by atoms with E-state index in [1.165, 1.54) is 0 Å². The van der Waals surface area contributed by atoms with Gasteiger partial charge >= 0.3 is 10.1 Å². The lowest BCUT2D eigenvalue weighted by molar-refractivity contribution is -0.0613. The first-order chi connectivity index (χ1) is 20.0. The van der Waals surface area contributed by atoms with Crippen LogP contribution in [0.4, 0.5) is 11.4 Å². The Balaban J connectivity index is 1.96. The van der Waals surface area contributed by atoms with Gasteiger partial charge in [-0.15, -0.1) is 0 Å². The van der Waals surface area contributed by atoms with Gasteiger partial charge in [-0.05, 0) is 116 Å². The molecule has 0 aliphatic carbocycles. The summed E-state index contributed by atoms with van der Waals surface area (Å²) in [4.78, 5) is 6.32. The smallest absolute Gasteiger partial charge is 0.307 e. The van der Waals surface area contributed by atoms with E-state index in [4.69, 9.17) is 13.1 Å². The molecule has 7 nitrogen and oxygen atoms in total.